The number of pyridine rings is 1. The summed E-state index contributed by atoms with van der Waals surface area (Å²) in [5, 5.41) is 19.9. The number of fused-ring (bicyclic) bond motifs is 2. The first kappa shape index (κ1) is 16.5. The van der Waals surface area contributed by atoms with Crippen LogP contribution in [-0.4, -0.2) is 28.1 Å². The van der Waals surface area contributed by atoms with Crippen molar-refractivity contribution in [3.05, 3.63) is 34.4 Å². The lowest BCUT2D eigenvalue weighted by atomic mass is 9.97. The van der Waals surface area contributed by atoms with Crippen molar-refractivity contribution in [2.75, 3.05) is 24.6 Å². The number of benzene rings is 1. The highest BCUT2D eigenvalue weighted by atomic mass is 16.5. The fourth-order valence-corrected chi connectivity index (χ4v) is 3.69. The Balaban J connectivity index is 1.68. The quantitative estimate of drug-likeness (QED) is 0.648. The molecule has 4 rings (SSSR count). The summed E-state index contributed by atoms with van der Waals surface area (Å²) in [4.78, 5) is 6.50. The summed E-state index contributed by atoms with van der Waals surface area (Å²) in [5.74, 6) is 0.845. The van der Waals surface area contributed by atoms with Crippen LogP contribution < -0.4 is 16.2 Å². The molecule has 0 aliphatic carbocycles. The minimum absolute atomic E-state index is 0.0381. The Morgan fingerprint density at radius 1 is 1.23 bits per heavy atom. The van der Waals surface area contributed by atoms with E-state index in [0.29, 0.717) is 24.3 Å². The lowest BCUT2D eigenvalue weighted by Gasteiger charge is -2.28. The lowest BCUT2D eigenvalue weighted by Crippen LogP contribution is -2.29. The number of likely N-dealkylation sites (tertiary alicyclic amines) is 1. The molecule has 1 saturated heterocycles. The molecular formula is C19H21N5O2. The molecular weight excluding hydrogens is 330 g/mol. The van der Waals surface area contributed by atoms with Gasteiger partial charge in [0.15, 0.2) is 11.5 Å². The molecule has 2 aliphatic heterocycles. The first-order valence-electron chi connectivity index (χ1n) is 8.80. The van der Waals surface area contributed by atoms with Crippen LogP contribution >= 0.6 is 0 Å². The smallest absolute Gasteiger partial charge is 0.227 e. The first-order valence-corrected chi connectivity index (χ1v) is 8.80. The van der Waals surface area contributed by atoms with Crippen LogP contribution in [0.25, 0.3) is 0 Å². The van der Waals surface area contributed by atoms with Crippen molar-refractivity contribution < 1.29 is 9.84 Å². The molecule has 5 N–H and O–H groups in total. The normalized spacial score (nSPS) is 16.3. The van der Waals surface area contributed by atoms with Crippen molar-refractivity contribution in [1.82, 2.24) is 9.88 Å². The second-order valence-corrected chi connectivity index (χ2v) is 6.86. The zero-order valence-electron chi connectivity index (χ0n) is 14.5. The minimum Gasteiger partial charge on any atom is -0.504 e. The van der Waals surface area contributed by atoms with E-state index >= 15 is 0 Å². The Kier molecular flexibility index (Phi) is 4.05. The predicted molar refractivity (Wildman–Crippen MR) is 97.9 cm³/mol. The summed E-state index contributed by atoms with van der Waals surface area (Å²) < 4.78 is 5.85. The second-order valence-electron chi connectivity index (χ2n) is 6.86. The number of phenols is 1. The molecule has 0 unspecified atom stereocenters. The molecule has 3 heterocycles. The van der Waals surface area contributed by atoms with Gasteiger partial charge in [0.2, 0.25) is 5.88 Å². The van der Waals surface area contributed by atoms with Gasteiger partial charge in [0.05, 0.1) is 5.69 Å². The van der Waals surface area contributed by atoms with Crippen LogP contribution in [0.5, 0.6) is 17.4 Å². The fraction of sp³-hybridized carbons (Fsp3) is 0.368. The molecule has 0 radical (unpaired) electrons. The third kappa shape index (κ3) is 2.68. The number of ether oxygens (including phenoxy) is 1. The molecule has 26 heavy (non-hydrogen) atoms. The number of rotatable bonds is 2. The maximum absolute atomic E-state index is 10.7. The van der Waals surface area contributed by atoms with Gasteiger partial charge < -0.3 is 21.3 Å². The summed E-state index contributed by atoms with van der Waals surface area (Å²) >= 11 is 0. The molecule has 0 atom stereocenters. The van der Waals surface area contributed by atoms with Crippen LogP contribution in [0.2, 0.25) is 0 Å². The fourth-order valence-electron chi connectivity index (χ4n) is 3.69. The van der Waals surface area contributed by atoms with Crippen molar-refractivity contribution in [2.24, 2.45) is 0 Å². The van der Waals surface area contributed by atoms with Gasteiger partial charge in [0, 0.05) is 29.7 Å². The van der Waals surface area contributed by atoms with Gasteiger partial charge in [0.1, 0.15) is 17.5 Å². The number of hydrogen-bond donors (Lipinski definition) is 3. The van der Waals surface area contributed by atoms with E-state index < -0.39 is 0 Å². The lowest BCUT2D eigenvalue weighted by molar-refractivity contribution is 0.218. The number of nitrogens with two attached hydrogens (primary N) is 2. The molecule has 0 spiro atoms. The van der Waals surface area contributed by atoms with E-state index in [9.17, 15) is 10.4 Å². The number of phenolic OH excluding ortho intramolecular Hbond substituents is 1. The van der Waals surface area contributed by atoms with Crippen LogP contribution in [0, 0.1) is 11.3 Å². The Morgan fingerprint density at radius 2 is 2.00 bits per heavy atom. The van der Waals surface area contributed by atoms with Gasteiger partial charge in [-0.1, -0.05) is 18.6 Å². The molecule has 2 aromatic rings. The van der Waals surface area contributed by atoms with Crippen molar-refractivity contribution in [3.63, 3.8) is 0 Å². The molecule has 134 valence electrons. The highest BCUT2D eigenvalue weighted by Crippen LogP contribution is 2.45. The molecule has 1 aromatic heterocycles. The predicted octanol–water partition coefficient (Wildman–Crippen LogP) is 2.51. The van der Waals surface area contributed by atoms with Gasteiger partial charge in [-0.2, -0.15) is 10.2 Å². The first-order chi connectivity index (χ1) is 12.6. The summed E-state index contributed by atoms with van der Waals surface area (Å²) in [6.07, 6.45) is 4.10. The van der Waals surface area contributed by atoms with Crippen LogP contribution in [0.4, 0.5) is 11.5 Å². The third-order valence-corrected chi connectivity index (χ3v) is 5.15. The van der Waals surface area contributed by atoms with Crippen molar-refractivity contribution in [2.45, 2.75) is 32.2 Å². The SMILES string of the molecule is N#Cc1c(N)nc2c(c1N)Cc1ccc(CN3CCCCC3)c(O)c1O2. The Labute approximate surface area is 151 Å². The molecule has 0 bridgehead atoms. The van der Waals surface area contributed by atoms with Crippen LogP contribution in [0.3, 0.4) is 0 Å². The van der Waals surface area contributed by atoms with Gasteiger partial charge in [0.25, 0.3) is 0 Å². The molecule has 1 aromatic carbocycles. The molecule has 7 nitrogen and oxygen atoms in total. The molecule has 0 amide bonds. The average Bonchev–Trinajstić information content (AvgIpc) is 2.65. The summed E-state index contributed by atoms with van der Waals surface area (Å²) in [5.41, 5.74) is 14.6. The number of nitriles is 1. The summed E-state index contributed by atoms with van der Waals surface area (Å²) in [7, 11) is 0. The number of piperidine rings is 1. The highest BCUT2D eigenvalue weighted by molar-refractivity contribution is 5.73. The molecule has 7 heteroatoms. The third-order valence-electron chi connectivity index (χ3n) is 5.15. The van der Waals surface area contributed by atoms with E-state index in [1.54, 1.807) is 0 Å². The maximum Gasteiger partial charge on any atom is 0.227 e. The number of aromatic nitrogens is 1. The van der Waals surface area contributed by atoms with Gasteiger partial charge in [-0.25, -0.2) is 0 Å². The van der Waals surface area contributed by atoms with E-state index in [0.717, 1.165) is 24.2 Å². The zero-order chi connectivity index (χ0) is 18.3. The summed E-state index contributed by atoms with van der Waals surface area (Å²) in [6, 6.07) is 5.86. The zero-order valence-corrected chi connectivity index (χ0v) is 14.5. The molecule has 1 fully saturated rings. The minimum atomic E-state index is 0.0381. The maximum atomic E-state index is 10.7. The number of hydrogen-bond acceptors (Lipinski definition) is 7. The van der Waals surface area contributed by atoms with Crippen LogP contribution in [-0.2, 0) is 13.0 Å². The average molecular weight is 351 g/mol. The molecule has 0 saturated carbocycles. The van der Waals surface area contributed by atoms with Crippen LogP contribution in [0.15, 0.2) is 12.1 Å². The van der Waals surface area contributed by atoms with Crippen molar-refractivity contribution in [1.29, 1.82) is 5.26 Å². The largest absolute Gasteiger partial charge is 0.504 e. The van der Waals surface area contributed by atoms with E-state index in [1.807, 2.05) is 18.2 Å². The number of anilines is 2. The Hall–Kier alpha value is -2.98. The van der Waals surface area contributed by atoms with Crippen molar-refractivity contribution in [3.8, 4) is 23.4 Å². The van der Waals surface area contributed by atoms with Gasteiger partial charge >= 0.3 is 0 Å². The van der Waals surface area contributed by atoms with Gasteiger partial charge in [-0.15, -0.1) is 0 Å². The Bertz CT molecular complexity index is 913. The Morgan fingerprint density at radius 3 is 2.73 bits per heavy atom. The monoisotopic (exact) mass is 351 g/mol. The highest BCUT2D eigenvalue weighted by Gasteiger charge is 2.27. The van der Waals surface area contributed by atoms with Crippen LogP contribution in [0.1, 0.15) is 41.5 Å². The topological polar surface area (TPSA) is 121 Å². The summed E-state index contributed by atoms with van der Waals surface area (Å²) in [6.45, 7) is 2.79. The van der Waals surface area contributed by atoms with Crippen molar-refractivity contribution >= 4 is 11.5 Å². The van der Waals surface area contributed by atoms with E-state index in [-0.39, 0.29) is 28.7 Å². The number of nitrogens with zero attached hydrogens (tertiary/aromatic N) is 3. The van der Waals surface area contributed by atoms with Gasteiger partial charge in [-0.05, 0) is 25.9 Å². The number of aromatic hydroxyl groups is 1. The van der Waals surface area contributed by atoms with E-state index in [1.165, 1.54) is 19.3 Å². The van der Waals surface area contributed by atoms with Gasteiger partial charge in [-0.3, -0.25) is 4.90 Å². The van der Waals surface area contributed by atoms with E-state index in [2.05, 4.69) is 9.88 Å². The second kappa shape index (κ2) is 6.39. The molecule has 2 aliphatic rings. The standard InChI is InChI=1S/C19H21N5O2/c20-9-14-15(21)13-8-11-4-5-12(10-24-6-2-1-3-7-24)16(25)17(11)26-19(13)23-18(14)22/h4-5,25H,1-3,6-8,10H2,(H4,21,22,23). The number of nitrogen functional groups attached to an aromatic ring is 2. The van der Waals surface area contributed by atoms with E-state index in [4.69, 9.17) is 16.2 Å².